The van der Waals surface area contributed by atoms with Crippen LogP contribution in [0.15, 0.2) is 22.7 Å². The number of carbonyl (C=O) groups excluding carboxylic acids is 1. The molecule has 1 aromatic heterocycles. The molecule has 2 aliphatic rings. The van der Waals surface area contributed by atoms with Crippen LogP contribution in [0.25, 0.3) is 0 Å². The first-order valence-electron chi connectivity index (χ1n) is 10.3. The summed E-state index contributed by atoms with van der Waals surface area (Å²) in [5.74, 6) is 2.95. The molecule has 0 bridgehead atoms. The summed E-state index contributed by atoms with van der Waals surface area (Å²) < 4.78 is 16.7. The van der Waals surface area contributed by atoms with Gasteiger partial charge in [-0.3, -0.25) is 9.69 Å². The monoisotopic (exact) mass is 399 g/mol. The number of rotatable bonds is 4. The number of likely N-dealkylation sites (tertiary alicyclic amines) is 1. The van der Waals surface area contributed by atoms with E-state index in [2.05, 4.69) is 42.7 Å². The Morgan fingerprint density at radius 1 is 1.14 bits per heavy atom. The molecule has 29 heavy (non-hydrogen) atoms. The Kier molecular flexibility index (Phi) is 5.34. The standard InChI is InChI=1S/C22H29N3O4/c1-14(20-23-21(24-29-20)22(2,3)4)25-9-7-15(8-10-25)19(26)16-5-6-17-18(13-16)28-12-11-27-17/h5-6,13-15H,7-12H2,1-4H3/t14-/m1/s1. The lowest BCUT2D eigenvalue weighted by Crippen LogP contribution is -2.38. The Hall–Kier alpha value is -2.41. The van der Waals surface area contributed by atoms with Crippen molar-refractivity contribution < 1.29 is 18.8 Å². The molecule has 2 aromatic rings. The average Bonchev–Trinajstić information content (AvgIpc) is 3.23. The molecule has 7 nitrogen and oxygen atoms in total. The third kappa shape index (κ3) is 4.15. The van der Waals surface area contributed by atoms with Gasteiger partial charge in [0.05, 0.1) is 6.04 Å². The van der Waals surface area contributed by atoms with Crippen LogP contribution in [0.3, 0.4) is 0 Å². The lowest BCUT2D eigenvalue weighted by molar-refractivity contribution is 0.0773. The zero-order valence-electron chi connectivity index (χ0n) is 17.6. The van der Waals surface area contributed by atoms with Crippen LogP contribution < -0.4 is 9.47 Å². The van der Waals surface area contributed by atoms with Crippen molar-refractivity contribution in [2.45, 2.75) is 52.0 Å². The molecule has 0 aliphatic carbocycles. The average molecular weight is 399 g/mol. The van der Waals surface area contributed by atoms with Crippen molar-refractivity contribution in [1.82, 2.24) is 15.0 Å². The summed E-state index contributed by atoms with van der Waals surface area (Å²) >= 11 is 0. The van der Waals surface area contributed by atoms with Gasteiger partial charge in [-0.2, -0.15) is 4.98 Å². The molecule has 2 aliphatic heterocycles. The summed E-state index contributed by atoms with van der Waals surface area (Å²) in [7, 11) is 0. The van der Waals surface area contributed by atoms with Crippen LogP contribution in [0.5, 0.6) is 11.5 Å². The molecule has 0 saturated carbocycles. The van der Waals surface area contributed by atoms with Gasteiger partial charge in [0.15, 0.2) is 23.1 Å². The van der Waals surface area contributed by atoms with E-state index in [0.717, 1.165) is 31.8 Å². The normalized spacial score (nSPS) is 19.2. The second-order valence-corrected chi connectivity index (χ2v) is 8.92. The van der Waals surface area contributed by atoms with E-state index >= 15 is 0 Å². The molecule has 1 aromatic carbocycles. The zero-order valence-corrected chi connectivity index (χ0v) is 17.6. The molecule has 0 radical (unpaired) electrons. The molecule has 0 unspecified atom stereocenters. The van der Waals surface area contributed by atoms with Crippen molar-refractivity contribution >= 4 is 5.78 Å². The van der Waals surface area contributed by atoms with Crippen molar-refractivity contribution in [3.8, 4) is 11.5 Å². The number of ether oxygens (including phenoxy) is 2. The van der Waals surface area contributed by atoms with Gasteiger partial charge in [0.2, 0.25) is 5.89 Å². The van der Waals surface area contributed by atoms with Crippen LogP contribution in [-0.4, -0.2) is 47.1 Å². The van der Waals surface area contributed by atoms with E-state index in [4.69, 9.17) is 14.0 Å². The maximum atomic E-state index is 13.0. The van der Waals surface area contributed by atoms with Gasteiger partial charge < -0.3 is 14.0 Å². The Bertz CT molecular complexity index is 878. The number of hydrogen-bond acceptors (Lipinski definition) is 7. The summed E-state index contributed by atoms with van der Waals surface area (Å²) in [6, 6.07) is 5.54. The Balaban J connectivity index is 1.37. The number of benzene rings is 1. The maximum absolute atomic E-state index is 13.0. The topological polar surface area (TPSA) is 77.7 Å². The van der Waals surface area contributed by atoms with Gasteiger partial charge in [0.25, 0.3) is 0 Å². The summed E-state index contributed by atoms with van der Waals surface area (Å²) in [5.41, 5.74) is 0.567. The van der Waals surface area contributed by atoms with Crippen molar-refractivity contribution in [1.29, 1.82) is 0 Å². The Labute approximate surface area is 171 Å². The highest BCUT2D eigenvalue weighted by Crippen LogP contribution is 2.33. The molecule has 1 saturated heterocycles. The van der Waals surface area contributed by atoms with E-state index in [9.17, 15) is 4.79 Å². The number of aromatic nitrogens is 2. The van der Waals surface area contributed by atoms with Gasteiger partial charge in [-0.05, 0) is 51.1 Å². The van der Waals surface area contributed by atoms with Crippen LogP contribution in [0.1, 0.15) is 68.7 Å². The van der Waals surface area contributed by atoms with Crippen LogP contribution in [-0.2, 0) is 5.41 Å². The highest BCUT2D eigenvalue weighted by atomic mass is 16.6. The summed E-state index contributed by atoms with van der Waals surface area (Å²) in [4.78, 5) is 19.9. The highest BCUT2D eigenvalue weighted by Gasteiger charge is 2.31. The van der Waals surface area contributed by atoms with Gasteiger partial charge in [-0.15, -0.1) is 0 Å². The first-order chi connectivity index (χ1) is 13.8. The number of fused-ring (bicyclic) bond motifs is 1. The van der Waals surface area contributed by atoms with Crippen LogP contribution >= 0.6 is 0 Å². The van der Waals surface area contributed by atoms with E-state index in [0.29, 0.717) is 36.2 Å². The lowest BCUT2D eigenvalue weighted by atomic mass is 9.88. The van der Waals surface area contributed by atoms with Gasteiger partial charge >= 0.3 is 0 Å². The number of ketones is 1. The van der Waals surface area contributed by atoms with Crippen molar-refractivity contribution in [2.24, 2.45) is 5.92 Å². The fourth-order valence-corrected chi connectivity index (χ4v) is 3.85. The van der Waals surface area contributed by atoms with E-state index in [1.807, 2.05) is 18.2 Å². The van der Waals surface area contributed by atoms with Gasteiger partial charge in [-0.25, -0.2) is 0 Å². The first-order valence-corrected chi connectivity index (χ1v) is 10.3. The van der Waals surface area contributed by atoms with E-state index < -0.39 is 0 Å². The summed E-state index contributed by atoms with van der Waals surface area (Å²) in [6.07, 6.45) is 1.63. The highest BCUT2D eigenvalue weighted by molar-refractivity contribution is 5.98. The fraction of sp³-hybridized carbons (Fsp3) is 0.591. The minimum Gasteiger partial charge on any atom is -0.486 e. The summed E-state index contributed by atoms with van der Waals surface area (Å²) in [5, 5.41) is 4.13. The quantitative estimate of drug-likeness (QED) is 0.724. The number of nitrogens with zero attached hydrogens (tertiary/aromatic N) is 3. The van der Waals surface area contributed by atoms with Crippen LogP contribution in [0, 0.1) is 5.92 Å². The SMILES string of the molecule is C[C@H](c1nc(C(C)(C)C)no1)N1CCC(C(=O)c2ccc3c(c2)OCCO3)CC1. The zero-order chi connectivity index (χ0) is 20.6. The van der Waals surface area contributed by atoms with Crippen molar-refractivity contribution in [2.75, 3.05) is 26.3 Å². The largest absolute Gasteiger partial charge is 0.486 e. The molecule has 0 N–H and O–H groups in total. The molecular weight excluding hydrogens is 370 g/mol. The lowest BCUT2D eigenvalue weighted by Gasteiger charge is -2.34. The molecule has 7 heteroatoms. The Morgan fingerprint density at radius 2 is 1.83 bits per heavy atom. The molecule has 1 atom stereocenters. The van der Waals surface area contributed by atoms with E-state index in [-0.39, 0.29) is 23.2 Å². The van der Waals surface area contributed by atoms with Gasteiger partial charge in [0.1, 0.15) is 13.2 Å². The van der Waals surface area contributed by atoms with Crippen LogP contribution in [0.2, 0.25) is 0 Å². The fourth-order valence-electron chi connectivity index (χ4n) is 3.85. The molecule has 3 heterocycles. The second-order valence-electron chi connectivity index (χ2n) is 8.92. The van der Waals surface area contributed by atoms with Crippen molar-refractivity contribution in [3.63, 3.8) is 0 Å². The second kappa shape index (κ2) is 7.78. The van der Waals surface area contributed by atoms with E-state index in [1.54, 1.807) is 0 Å². The third-order valence-electron chi connectivity index (χ3n) is 5.74. The first kappa shape index (κ1) is 19.9. The molecule has 4 rings (SSSR count). The van der Waals surface area contributed by atoms with Gasteiger partial charge in [-0.1, -0.05) is 25.9 Å². The Morgan fingerprint density at radius 3 is 2.48 bits per heavy atom. The third-order valence-corrected chi connectivity index (χ3v) is 5.74. The predicted octanol–water partition coefficient (Wildman–Crippen LogP) is 3.79. The maximum Gasteiger partial charge on any atom is 0.243 e. The number of Topliss-reactive ketones (excluding diaryl/α,β-unsaturated/α-hetero) is 1. The van der Waals surface area contributed by atoms with Crippen molar-refractivity contribution in [3.05, 3.63) is 35.5 Å². The molecule has 0 amide bonds. The van der Waals surface area contributed by atoms with E-state index in [1.165, 1.54) is 0 Å². The molecule has 156 valence electrons. The predicted molar refractivity (Wildman–Crippen MR) is 107 cm³/mol. The minimum atomic E-state index is -0.134. The number of piperidine rings is 1. The number of carbonyl (C=O) groups is 1. The number of hydrogen-bond donors (Lipinski definition) is 0. The smallest absolute Gasteiger partial charge is 0.243 e. The summed E-state index contributed by atoms with van der Waals surface area (Å²) in [6.45, 7) is 11.0. The molecule has 1 fully saturated rings. The van der Waals surface area contributed by atoms with Crippen LogP contribution in [0.4, 0.5) is 0 Å². The molecule has 0 spiro atoms. The minimum absolute atomic E-state index is 0.0221. The van der Waals surface area contributed by atoms with Gasteiger partial charge in [0, 0.05) is 16.9 Å². The molecular formula is C22H29N3O4.